The largest absolute Gasteiger partial charge is 0.335 e. The average molecular weight is 434 g/mol. The highest BCUT2D eigenvalue weighted by atomic mass is 127. The van der Waals surface area contributed by atoms with Gasteiger partial charge in [0, 0.05) is 35.3 Å². The second-order valence-corrected chi connectivity index (χ2v) is 7.09. The van der Waals surface area contributed by atoms with Crippen molar-refractivity contribution in [2.45, 2.75) is 6.92 Å². The molecule has 1 saturated heterocycles. The van der Waals surface area contributed by atoms with Crippen LogP contribution in [0.15, 0.2) is 48.5 Å². The first-order valence-corrected chi connectivity index (χ1v) is 9.04. The van der Waals surface area contributed by atoms with Crippen molar-refractivity contribution in [2.75, 3.05) is 26.2 Å². The number of carbonyl (C=O) groups is 2. The fraction of sp³-hybridized carbons (Fsp3) is 0.263. The first kappa shape index (κ1) is 17.0. The molecule has 2 amide bonds. The monoisotopic (exact) mass is 434 g/mol. The fourth-order valence-electron chi connectivity index (χ4n) is 2.80. The van der Waals surface area contributed by atoms with Crippen molar-refractivity contribution in [1.82, 2.24) is 9.80 Å². The molecule has 2 aromatic carbocycles. The van der Waals surface area contributed by atoms with Crippen molar-refractivity contribution in [2.24, 2.45) is 0 Å². The van der Waals surface area contributed by atoms with Gasteiger partial charge < -0.3 is 9.80 Å². The lowest BCUT2D eigenvalue weighted by Crippen LogP contribution is -2.50. The van der Waals surface area contributed by atoms with Crippen molar-refractivity contribution in [1.29, 1.82) is 0 Å². The molecule has 0 bridgehead atoms. The summed E-state index contributed by atoms with van der Waals surface area (Å²) in [6.07, 6.45) is 0. The molecule has 0 aromatic heterocycles. The van der Waals surface area contributed by atoms with Crippen LogP contribution in [-0.2, 0) is 0 Å². The summed E-state index contributed by atoms with van der Waals surface area (Å²) >= 11 is 2.18. The van der Waals surface area contributed by atoms with Crippen molar-refractivity contribution in [3.63, 3.8) is 0 Å². The first-order valence-electron chi connectivity index (χ1n) is 7.96. The molecule has 0 spiro atoms. The van der Waals surface area contributed by atoms with E-state index in [9.17, 15) is 9.59 Å². The van der Waals surface area contributed by atoms with Gasteiger partial charge in [-0.25, -0.2) is 0 Å². The van der Waals surface area contributed by atoms with Gasteiger partial charge in [-0.3, -0.25) is 9.59 Å². The van der Waals surface area contributed by atoms with Gasteiger partial charge in [-0.1, -0.05) is 29.8 Å². The van der Waals surface area contributed by atoms with Gasteiger partial charge in [0.05, 0.1) is 5.56 Å². The van der Waals surface area contributed by atoms with E-state index in [0.717, 1.165) is 14.7 Å². The maximum atomic E-state index is 12.6. The molecule has 5 heteroatoms. The van der Waals surface area contributed by atoms with Crippen LogP contribution in [-0.4, -0.2) is 47.8 Å². The molecule has 0 saturated carbocycles. The Hall–Kier alpha value is -1.89. The van der Waals surface area contributed by atoms with Gasteiger partial charge in [-0.2, -0.15) is 0 Å². The molecule has 124 valence electrons. The molecule has 1 fully saturated rings. The maximum Gasteiger partial charge on any atom is 0.255 e. The summed E-state index contributed by atoms with van der Waals surface area (Å²) < 4.78 is 0.957. The number of hydrogen-bond acceptors (Lipinski definition) is 2. The van der Waals surface area contributed by atoms with Crippen LogP contribution in [0.3, 0.4) is 0 Å². The van der Waals surface area contributed by atoms with E-state index in [4.69, 9.17) is 0 Å². The van der Waals surface area contributed by atoms with Crippen LogP contribution in [0.1, 0.15) is 26.3 Å². The molecule has 1 aliphatic rings. The third-order valence-electron chi connectivity index (χ3n) is 4.26. The van der Waals surface area contributed by atoms with E-state index in [1.165, 1.54) is 0 Å². The Morgan fingerprint density at radius 1 is 0.833 bits per heavy atom. The summed E-state index contributed by atoms with van der Waals surface area (Å²) in [4.78, 5) is 28.8. The molecule has 0 unspecified atom stereocenters. The molecular weight excluding hydrogens is 415 g/mol. The average Bonchev–Trinajstić information content (AvgIpc) is 2.62. The lowest BCUT2D eigenvalue weighted by molar-refractivity contribution is 0.0535. The van der Waals surface area contributed by atoms with Gasteiger partial charge in [-0.15, -0.1) is 0 Å². The van der Waals surface area contributed by atoms with Crippen LogP contribution < -0.4 is 0 Å². The minimum Gasteiger partial charge on any atom is -0.335 e. The number of amides is 2. The molecule has 4 nitrogen and oxygen atoms in total. The van der Waals surface area contributed by atoms with E-state index in [0.29, 0.717) is 31.7 Å². The second kappa shape index (κ2) is 7.34. The van der Waals surface area contributed by atoms with Crippen LogP contribution >= 0.6 is 22.6 Å². The van der Waals surface area contributed by atoms with Gasteiger partial charge >= 0.3 is 0 Å². The number of hydrogen-bond donors (Lipinski definition) is 0. The van der Waals surface area contributed by atoms with Gasteiger partial charge in [0.1, 0.15) is 0 Å². The standard InChI is InChI=1S/C19H19IN2O2/c1-14-6-8-15(9-7-14)18(23)21-10-12-22(13-11-21)19(24)16-4-2-3-5-17(16)20/h2-9H,10-13H2,1H3. The number of aryl methyl sites for hydroxylation is 1. The molecule has 0 N–H and O–H groups in total. The summed E-state index contributed by atoms with van der Waals surface area (Å²) in [5, 5.41) is 0. The summed E-state index contributed by atoms with van der Waals surface area (Å²) in [7, 11) is 0. The van der Waals surface area contributed by atoms with Crippen LogP contribution in [0.2, 0.25) is 0 Å². The number of piperazine rings is 1. The second-order valence-electron chi connectivity index (χ2n) is 5.93. The number of benzene rings is 2. The third-order valence-corrected chi connectivity index (χ3v) is 5.20. The van der Waals surface area contributed by atoms with E-state index in [2.05, 4.69) is 22.6 Å². The predicted octanol–water partition coefficient (Wildman–Crippen LogP) is 3.20. The number of carbonyl (C=O) groups excluding carboxylic acids is 2. The van der Waals surface area contributed by atoms with E-state index in [1.54, 1.807) is 0 Å². The minimum atomic E-state index is 0.0383. The lowest BCUT2D eigenvalue weighted by Gasteiger charge is -2.35. The normalized spacial score (nSPS) is 14.6. The summed E-state index contributed by atoms with van der Waals surface area (Å²) in [5.41, 5.74) is 2.58. The summed E-state index contributed by atoms with van der Waals surface area (Å²) in [6, 6.07) is 15.2. The Bertz CT molecular complexity index is 750. The highest BCUT2D eigenvalue weighted by molar-refractivity contribution is 14.1. The third kappa shape index (κ3) is 3.61. The Morgan fingerprint density at radius 2 is 1.38 bits per heavy atom. The van der Waals surface area contributed by atoms with E-state index in [1.807, 2.05) is 65.3 Å². The summed E-state index contributed by atoms with van der Waals surface area (Å²) in [6.45, 7) is 4.29. The molecule has 0 radical (unpaired) electrons. The number of rotatable bonds is 2. The van der Waals surface area contributed by atoms with Gasteiger partial charge in [0.15, 0.2) is 0 Å². The molecule has 0 atom stereocenters. The number of halogens is 1. The first-order chi connectivity index (χ1) is 11.6. The maximum absolute atomic E-state index is 12.6. The quantitative estimate of drug-likeness (QED) is 0.682. The zero-order valence-electron chi connectivity index (χ0n) is 13.5. The zero-order chi connectivity index (χ0) is 17.1. The Kier molecular flexibility index (Phi) is 5.18. The van der Waals surface area contributed by atoms with E-state index in [-0.39, 0.29) is 11.8 Å². The molecule has 1 aliphatic heterocycles. The lowest BCUT2D eigenvalue weighted by atomic mass is 10.1. The van der Waals surface area contributed by atoms with Gasteiger partial charge in [0.25, 0.3) is 11.8 Å². The SMILES string of the molecule is Cc1ccc(C(=O)N2CCN(C(=O)c3ccccc3I)CC2)cc1. The van der Waals surface area contributed by atoms with Crippen LogP contribution in [0.4, 0.5) is 0 Å². The molecule has 24 heavy (non-hydrogen) atoms. The zero-order valence-corrected chi connectivity index (χ0v) is 15.7. The van der Waals surface area contributed by atoms with Crippen molar-refractivity contribution < 1.29 is 9.59 Å². The molecule has 2 aromatic rings. The van der Waals surface area contributed by atoms with Crippen molar-refractivity contribution in [3.8, 4) is 0 Å². The summed E-state index contributed by atoms with van der Waals surface area (Å²) in [5.74, 6) is 0.0822. The Labute approximate surface area is 155 Å². The minimum absolute atomic E-state index is 0.0383. The Morgan fingerprint density at radius 3 is 1.96 bits per heavy atom. The van der Waals surface area contributed by atoms with E-state index < -0.39 is 0 Å². The van der Waals surface area contributed by atoms with Crippen LogP contribution in [0.25, 0.3) is 0 Å². The highest BCUT2D eigenvalue weighted by Gasteiger charge is 2.26. The van der Waals surface area contributed by atoms with Crippen molar-refractivity contribution in [3.05, 3.63) is 68.8 Å². The highest BCUT2D eigenvalue weighted by Crippen LogP contribution is 2.16. The van der Waals surface area contributed by atoms with Gasteiger partial charge in [0.2, 0.25) is 0 Å². The van der Waals surface area contributed by atoms with E-state index >= 15 is 0 Å². The van der Waals surface area contributed by atoms with Crippen LogP contribution in [0, 0.1) is 10.5 Å². The Balaban J connectivity index is 1.63. The topological polar surface area (TPSA) is 40.6 Å². The van der Waals surface area contributed by atoms with Crippen molar-refractivity contribution >= 4 is 34.4 Å². The smallest absolute Gasteiger partial charge is 0.255 e. The fourth-order valence-corrected chi connectivity index (χ4v) is 3.41. The molecule has 1 heterocycles. The predicted molar refractivity (Wildman–Crippen MR) is 102 cm³/mol. The molecule has 0 aliphatic carbocycles. The van der Waals surface area contributed by atoms with Gasteiger partial charge in [-0.05, 0) is 53.8 Å². The molecular formula is C19H19IN2O2. The van der Waals surface area contributed by atoms with Crippen LogP contribution in [0.5, 0.6) is 0 Å². The number of nitrogens with zero attached hydrogens (tertiary/aromatic N) is 2. The molecule has 3 rings (SSSR count).